The molecule has 6 rings (SSSR count). The van der Waals surface area contributed by atoms with Crippen molar-refractivity contribution in [3.63, 3.8) is 0 Å². The molecule has 1 aliphatic carbocycles. The highest BCUT2D eigenvalue weighted by Crippen LogP contribution is 2.49. The molecule has 0 spiro atoms. The van der Waals surface area contributed by atoms with Gasteiger partial charge in [0.25, 0.3) is 30.4 Å². The molecule has 3 aromatic rings. The highest BCUT2D eigenvalue weighted by molar-refractivity contribution is 7.86. The Labute approximate surface area is 356 Å². The van der Waals surface area contributed by atoms with E-state index in [0.717, 1.165) is 17.0 Å². The number of hydrogen-bond donors (Lipinski definition) is 3. The van der Waals surface area contributed by atoms with Gasteiger partial charge in [0, 0.05) is 59.6 Å². The second kappa shape index (κ2) is 17.4. The molecule has 0 radical (unpaired) electrons. The van der Waals surface area contributed by atoms with Crippen molar-refractivity contribution in [3.8, 4) is 0 Å². The first-order valence-corrected chi connectivity index (χ1v) is 24.6. The molecule has 0 saturated carbocycles. The number of unbranched alkanes of at least 4 members (excludes halogenated alkanes) is 2. The van der Waals surface area contributed by atoms with Crippen molar-refractivity contribution in [1.29, 1.82) is 0 Å². The third kappa shape index (κ3) is 10.1. The first-order chi connectivity index (χ1) is 28.4. The van der Waals surface area contributed by atoms with E-state index in [1.165, 1.54) is 12.1 Å². The zero-order valence-electron chi connectivity index (χ0n) is 34.3. The number of nitrogens with zero attached hydrogens (tertiary/aromatic N) is 2. The van der Waals surface area contributed by atoms with E-state index in [4.69, 9.17) is 0 Å². The van der Waals surface area contributed by atoms with Gasteiger partial charge >= 0.3 is 0 Å². The second-order valence-electron chi connectivity index (χ2n) is 16.7. The van der Waals surface area contributed by atoms with Gasteiger partial charge in [0.2, 0.25) is 5.69 Å². The molecule has 11 nitrogen and oxygen atoms in total. The lowest BCUT2D eigenvalue weighted by Gasteiger charge is -2.28. The molecule has 3 N–H and O–H groups in total. The van der Waals surface area contributed by atoms with Crippen LogP contribution in [0, 0.1) is 17.5 Å². The fourth-order valence-corrected chi connectivity index (χ4v) is 10.4. The van der Waals surface area contributed by atoms with Crippen LogP contribution in [0.15, 0.2) is 101 Å². The van der Waals surface area contributed by atoms with Crippen LogP contribution in [0.25, 0.3) is 5.57 Å². The van der Waals surface area contributed by atoms with Gasteiger partial charge in [0.1, 0.15) is 24.0 Å². The zero-order chi connectivity index (χ0) is 44.7. The van der Waals surface area contributed by atoms with Crippen LogP contribution >= 0.6 is 0 Å². The third-order valence-electron chi connectivity index (χ3n) is 11.7. The van der Waals surface area contributed by atoms with Crippen molar-refractivity contribution < 1.29 is 56.7 Å². The summed E-state index contributed by atoms with van der Waals surface area (Å²) in [7, 11) is -12.9. The maximum atomic E-state index is 15.9. The van der Waals surface area contributed by atoms with Crippen molar-refractivity contribution in [2.45, 2.75) is 88.4 Å². The van der Waals surface area contributed by atoms with Gasteiger partial charge in [-0.1, -0.05) is 44.2 Å². The van der Waals surface area contributed by atoms with E-state index in [-0.39, 0.29) is 35.6 Å². The summed E-state index contributed by atoms with van der Waals surface area (Å²) in [5, 5.41) is 0. The standard InChI is InChI=1S/C44H49F3N2O9S3/c1-43(2)33-14-5-6-15-37(33)48(22-7-9-24-59(50,51)52)39(43)20-16-29-12-11-13-30(41(29)42-35(46)26-31(45)27-36(42)47)17-21-40-44(3,4)34-28-32(61(56,57)58)18-19-38(34)49(40)23-8-10-25-60(53,54)55/h5-6,14-21,26-28H,7-13,22-25H2,1-4H3,(H2-,50,51,52,53,54,55,56,57,58)/p+1. The molecule has 2 heterocycles. The average Bonchev–Trinajstić information content (AvgIpc) is 3.50. The maximum Gasteiger partial charge on any atom is 0.294 e. The molecule has 0 unspecified atom stereocenters. The minimum absolute atomic E-state index is 0.122. The predicted molar refractivity (Wildman–Crippen MR) is 230 cm³/mol. The largest absolute Gasteiger partial charge is 0.344 e. The van der Waals surface area contributed by atoms with Gasteiger partial charge in [-0.2, -0.15) is 29.8 Å². The summed E-state index contributed by atoms with van der Waals surface area (Å²) in [5.74, 6) is -4.10. The molecule has 17 heteroatoms. The predicted octanol–water partition coefficient (Wildman–Crippen LogP) is 8.86. The lowest BCUT2D eigenvalue weighted by Crippen LogP contribution is -2.28. The van der Waals surface area contributed by atoms with Crippen LogP contribution in [-0.2, 0) is 41.2 Å². The molecular weight excluding hydrogens is 854 g/mol. The lowest BCUT2D eigenvalue weighted by molar-refractivity contribution is -0.438. The van der Waals surface area contributed by atoms with Gasteiger partial charge in [0.05, 0.1) is 27.4 Å². The van der Waals surface area contributed by atoms with Gasteiger partial charge in [-0.25, -0.2) is 13.2 Å². The molecule has 0 amide bonds. The average molecular weight is 904 g/mol. The number of anilines is 1. The first-order valence-electron chi connectivity index (χ1n) is 19.9. The molecule has 0 aromatic heterocycles. The Morgan fingerprint density at radius 3 is 2.02 bits per heavy atom. The molecule has 61 heavy (non-hydrogen) atoms. The quantitative estimate of drug-likeness (QED) is 0.0761. The number of allylic oxidation sites excluding steroid dienone is 8. The van der Waals surface area contributed by atoms with E-state index in [9.17, 15) is 43.3 Å². The van der Waals surface area contributed by atoms with E-state index in [0.29, 0.717) is 78.9 Å². The van der Waals surface area contributed by atoms with Crippen molar-refractivity contribution in [2.24, 2.45) is 0 Å². The molecular formula is C44H50F3N2O9S3+. The SMILES string of the molecule is CC1(C)C(/C=C/C2=C(c3c(F)cc(F)cc3F)C(=C/C=C3/N(CCCCS(=O)(=O)O)c4ccc(S(=O)(=O)O)cc4C3(C)C)/CCC2)=[N+](CCCCS(=O)(=O)O)c2ccccc21. The normalized spacial score (nSPS) is 19.1. The minimum Gasteiger partial charge on any atom is -0.344 e. The number of hydrogen-bond acceptors (Lipinski definition) is 7. The molecule has 2 aliphatic heterocycles. The fraction of sp³-hybridized carbons (Fsp3) is 0.386. The van der Waals surface area contributed by atoms with Crippen LogP contribution in [-0.4, -0.2) is 73.8 Å². The molecule has 0 atom stereocenters. The van der Waals surface area contributed by atoms with E-state index in [1.807, 2.05) is 69.0 Å². The van der Waals surface area contributed by atoms with Crippen LogP contribution in [0.3, 0.4) is 0 Å². The van der Waals surface area contributed by atoms with Gasteiger partial charge in [0.15, 0.2) is 5.71 Å². The lowest BCUT2D eigenvalue weighted by atomic mass is 9.79. The Morgan fingerprint density at radius 2 is 1.38 bits per heavy atom. The van der Waals surface area contributed by atoms with E-state index in [2.05, 4.69) is 4.58 Å². The van der Waals surface area contributed by atoms with Crippen LogP contribution in [0.2, 0.25) is 0 Å². The summed E-state index contributed by atoms with van der Waals surface area (Å²) in [6.07, 6.45) is 9.72. The van der Waals surface area contributed by atoms with Crippen LogP contribution in [0.1, 0.15) is 89.3 Å². The Bertz CT molecular complexity index is 2730. The van der Waals surface area contributed by atoms with E-state index >= 15 is 8.78 Å². The fourth-order valence-electron chi connectivity index (χ4n) is 8.77. The third-order valence-corrected chi connectivity index (χ3v) is 14.2. The number of halogens is 3. The smallest absolute Gasteiger partial charge is 0.294 e. The number of fused-ring (bicyclic) bond motifs is 2. The Hall–Kier alpha value is -4.39. The highest BCUT2D eigenvalue weighted by Gasteiger charge is 2.44. The summed E-state index contributed by atoms with van der Waals surface area (Å²) in [6, 6.07) is 13.3. The topological polar surface area (TPSA) is 169 Å². The van der Waals surface area contributed by atoms with Gasteiger partial charge in [-0.15, -0.1) is 0 Å². The second-order valence-corrected chi connectivity index (χ2v) is 21.2. The van der Waals surface area contributed by atoms with Gasteiger partial charge in [-0.05, 0) is 98.9 Å². The first kappa shape index (κ1) is 46.1. The summed E-state index contributed by atoms with van der Waals surface area (Å²) >= 11 is 0. The molecule has 3 aromatic carbocycles. The number of benzene rings is 3. The Kier molecular flexibility index (Phi) is 13.2. The van der Waals surface area contributed by atoms with E-state index in [1.54, 1.807) is 18.2 Å². The number of rotatable bonds is 15. The summed E-state index contributed by atoms with van der Waals surface area (Å²) in [4.78, 5) is 1.57. The Morgan fingerprint density at radius 1 is 0.738 bits per heavy atom. The monoisotopic (exact) mass is 903 g/mol. The van der Waals surface area contributed by atoms with Crippen molar-refractivity contribution >= 4 is 53.0 Å². The minimum atomic E-state index is -4.57. The zero-order valence-corrected chi connectivity index (χ0v) is 36.8. The van der Waals surface area contributed by atoms with Crippen LogP contribution in [0.4, 0.5) is 24.5 Å². The highest BCUT2D eigenvalue weighted by atomic mass is 32.2. The maximum absolute atomic E-state index is 15.9. The molecule has 0 bridgehead atoms. The van der Waals surface area contributed by atoms with Crippen LogP contribution < -0.4 is 4.90 Å². The van der Waals surface area contributed by atoms with Gasteiger partial charge < -0.3 is 4.90 Å². The Balaban J connectivity index is 1.49. The van der Waals surface area contributed by atoms with Gasteiger partial charge in [-0.3, -0.25) is 13.7 Å². The van der Waals surface area contributed by atoms with Crippen molar-refractivity contribution in [1.82, 2.24) is 0 Å². The van der Waals surface area contributed by atoms with Crippen molar-refractivity contribution in [3.05, 3.63) is 130 Å². The summed E-state index contributed by atoms with van der Waals surface area (Å²) < 4.78 is 147. The molecule has 3 aliphatic rings. The molecule has 328 valence electrons. The molecule has 0 saturated heterocycles. The number of para-hydroxylation sites is 1. The van der Waals surface area contributed by atoms with Crippen LogP contribution in [0.5, 0.6) is 0 Å². The van der Waals surface area contributed by atoms with E-state index < -0.39 is 70.0 Å². The molecule has 0 fully saturated rings. The summed E-state index contributed by atoms with van der Waals surface area (Å²) in [5.41, 5.74) is 4.13. The summed E-state index contributed by atoms with van der Waals surface area (Å²) in [6.45, 7) is 8.47. The van der Waals surface area contributed by atoms with Crippen molar-refractivity contribution in [2.75, 3.05) is 29.5 Å².